The number of hydrogen-bond acceptors (Lipinski definition) is 7. The minimum absolute atomic E-state index is 0.147. The third-order valence-electron chi connectivity index (χ3n) is 3.47. The Morgan fingerprint density at radius 2 is 2.27 bits per heavy atom. The SMILES string of the molecule is O=c1ccn(Cc2cn([C@H]3C[C@H](O)[C@@H](CO)O3)nn2)c(=O)[nH]1. The molecular weight excluding hydrogens is 294 g/mol. The largest absolute Gasteiger partial charge is 0.394 e. The second kappa shape index (κ2) is 5.83. The van der Waals surface area contributed by atoms with E-state index in [2.05, 4.69) is 15.3 Å². The lowest BCUT2D eigenvalue weighted by Gasteiger charge is -2.11. The fraction of sp³-hybridized carbons (Fsp3) is 0.500. The van der Waals surface area contributed by atoms with Crippen molar-refractivity contribution >= 4 is 0 Å². The molecule has 2 aromatic rings. The van der Waals surface area contributed by atoms with E-state index in [0.717, 1.165) is 0 Å². The quantitative estimate of drug-likeness (QED) is 0.584. The van der Waals surface area contributed by atoms with Gasteiger partial charge in [-0.2, -0.15) is 0 Å². The summed E-state index contributed by atoms with van der Waals surface area (Å²) in [5, 5.41) is 26.6. The highest BCUT2D eigenvalue weighted by atomic mass is 16.5. The maximum atomic E-state index is 11.6. The molecule has 0 radical (unpaired) electrons. The van der Waals surface area contributed by atoms with Gasteiger partial charge in [-0.3, -0.25) is 14.3 Å². The van der Waals surface area contributed by atoms with Gasteiger partial charge in [0.1, 0.15) is 11.8 Å². The molecule has 0 aliphatic carbocycles. The highest BCUT2D eigenvalue weighted by Crippen LogP contribution is 2.27. The molecule has 3 N–H and O–H groups in total. The summed E-state index contributed by atoms with van der Waals surface area (Å²) in [5.74, 6) is 0. The highest BCUT2D eigenvalue weighted by Gasteiger charge is 2.35. The summed E-state index contributed by atoms with van der Waals surface area (Å²) >= 11 is 0. The number of aliphatic hydroxyl groups excluding tert-OH is 2. The minimum Gasteiger partial charge on any atom is -0.394 e. The predicted molar refractivity (Wildman–Crippen MR) is 72.1 cm³/mol. The molecule has 1 aliphatic heterocycles. The van der Waals surface area contributed by atoms with Crippen LogP contribution in [0.1, 0.15) is 18.3 Å². The summed E-state index contributed by atoms with van der Waals surface area (Å²) in [6.07, 6.45) is 1.35. The van der Waals surface area contributed by atoms with Crippen LogP contribution in [0.5, 0.6) is 0 Å². The zero-order chi connectivity index (χ0) is 15.7. The number of nitrogens with zero attached hydrogens (tertiary/aromatic N) is 4. The summed E-state index contributed by atoms with van der Waals surface area (Å²) in [7, 11) is 0. The molecule has 0 spiro atoms. The molecule has 10 nitrogen and oxygen atoms in total. The van der Waals surface area contributed by atoms with Crippen LogP contribution in [0.15, 0.2) is 28.0 Å². The van der Waals surface area contributed by atoms with E-state index < -0.39 is 29.7 Å². The molecule has 3 rings (SSSR count). The van der Waals surface area contributed by atoms with Crippen LogP contribution in [-0.4, -0.2) is 53.6 Å². The van der Waals surface area contributed by atoms with E-state index in [9.17, 15) is 14.7 Å². The number of H-pyrrole nitrogens is 1. The van der Waals surface area contributed by atoms with E-state index in [1.165, 1.54) is 21.5 Å². The van der Waals surface area contributed by atoms with E-state index in [0.29, 0.717) is 12.1 Å². The van der Waals surface area contributed by atoms with Crippen molar-refractivity contribution in [2.45, 2.75) is 31.4 Å². The number of aromatic nitrogens is 5. The van der Waals surface area contributed by atoms with Gasteiger partial charge in [-0.15, -0.1) is 5.10 Å². The van der Waals surface area contributed by atoms with Crippen molar-refractivity contribution in [3.63, 3.8) is 0 Å². The van der Waals surface area contributed by atoms with Crippen molar-refractivity contribution in [1.29, 1.82) is 0 Å². The maximum absolute atomic E-state index is 11.6. The first-order valence-corrected chi connectivity index (χ1v) is 6.71. The Kier molecular flexibility index (Phi) is 3.88. The van der Waals surface area contributed by atoms with Crippen LogP contribution in [0.2, 0.25) is 0 Å². The van der Waals surface area contributed by atoms with Crippen LogP contribution in [-0.2, 0) is 11.3 Å². The van der Waals surface area contributed by atoms with Gasteiger partial charge in [0.25, 0.3) is 5.56 Å². The third-order valence-corrected chi connectivity index (χ3v) is 3.47. The van der Waals surface area contributed by atoms with Crippen LogP contribution in [0.3, 0.4) is 0 Å². The van der Waals surface area contributed by atoms with E-state index in [1.807, 2.05) is 0 Å². The minimum atomic E-state index is -0.760. The summed E-state index contributed by atoms with van der Waals surface area (Å²) in [6.45, 7) is -0.125. The first kappa shape index (κ1) is 14.6. The van der Waals surface area contributed by atoms with E-state index >= 15 is 0 Å². The van der Waals surface area contributed by atoms with Crippen LogP contribution in [0, 0.1) is 0 Å². The molecule has 0 unspecified atom stereocenters. The predicted octanol–water partition coefficient (Wildman–Crippen LogP) is -2.18. The zero-order valence-electron chi connectivity index (χ0n) is 11.5. The first-order chi connectivity index (χ1) is 10.6. The van der Waals surface area contributed by atoms with Crippen molar-refractivity contribution in [3.8, 4) is 0 Å². The Balaban J connectivity index is 1.74. The molecule has 22 heavy (non-hydrogen) atoms. The average Bonchev–Trinajstić information content (AvgIpc) is 3.08. The third kappa shape index (κ3) is 2.84. The normalized spacial score (nSPS) is 24.7. The number of hydrogen-bond donors (Lipinski definition) is 3. The van der Waals surface area contributed by atoms with Crippen molar-refractivity contribution in [2.75, 3.05) is 6.61 Å². The Bertz CT molecular complexity index is 766. The molecule has 0 saturated carbocycles. The van der Waals surface area contributed by atoms with Crippen molar-refractivity contribution in [2.24, 2.45) is 0 Å². The number of nitrogens with one attached hydrogen (secondary N) is 1. The topological polar surface area (TPSA) is 135 Å². The summed E-state index contributed by atoms with van der Waals surface area (Å²) in [4.78, 5) is 24.8. The molecule has 0 aromatic carbocycles. The van der Waals surface area contributed by atoms with E-state index in [1.54, 1.807) is 6.20 Å². The van der Waals surface area contributed by atoms with Gasteiger partial charge in [0.15, 0.2) is 6.23 Å². The smallest absolute Gasteiger partial charge is 0.328 e. The van der Waals surface area contributed by atoms with Gasteiger partial charge < -0.3 is 14.9 Å². The summed E-state index contributed by atoms with van der Waals surface area (Å²) < 4.78 is 8.18. The average molecular weight is 309 g/mol. The second-order valence-electron chi connectivity index (χ2n) is 5.04. The molecule has 0 bridgehead atoms. The Morgan fingerprint density at radius 1 is 1.45 bits per heavy atom. The van der Waals surface area contributed by atoms with Gasteiger partial charge in [0.05, 0.1) is 25.5 Å². The zero-order valence-corrected chi connectivity index (χ0v) is 11.5. The summed E-state index contributed by atoms with van der Waals surface area (Å²) in [5.41, 5.74) is -0.497. The van der Waals surface area contributed by atoms with Gasteiger partial charge >= 0.3 is 5.69 Å². The monoisotopic (exact) mass is 309 g/mol. The lowest BCUT2D eigenvalue weighted by Crippen LogP contribution is -2.28. The molecule has 1 fully saturated rings. The molecule has 1 aliphatic rings. The van der Waals surface area contributed by atoms with Gasteiger partial charge in [-0.1, -0.05) is 5.21 Å². The fourth-order valence-corrected chi connectivity index (χ4v) is 2.31. The van der Waals surface area contributed by atoms with Crippen molar-refractivity contribution in [1.82, 2.24) is 24.5 Å². The molecule has 2 aromatic heterocycles. The number of rotatable bonds is 4. The first-order valence-electron chi connectivity index (χ1n) is 6.71. The lowest BCUT2D eigenvalue weighted by atomic mass is 10.2. The van der Waals surface area contributed by atoms with Gasteiger partial charge in [-0.25, -0.2) is 9.48 Å². The molecule has 118 valence electrons. The molecule has 3 heterocycles. The van der Waals surface area contributed by atoms with Crippen LogP contribution >= 0.6 is 0 Å². The summed E-state index contributed by atoms with van der Waals surface area (Å²) in [6, 6.07) is 1.24. The molecule has 1 saturated heterocycles. The highest BCUT2D eigenvalue weighted by molar-refractivity contribution is 4.96. The molecular formula is C12H15N5O5. The maximum Gasteiger partial charge on any atom is 0.328 e. The van der Waals surface area contributed by atoms with Crippen molar-refractivity contribution < 1.29 is 14.9 Å². The van der Waals surface area contributed by atoms with Crippen molar-refractivity contribution in [3.05, 3.63) is 45.0 Å². The number of ether oxygens (including phenoxy) is 1. The van der Waals surface area contributed by atoms with Gasteiger partial charge in [-0.05, 0) is 0 Å². The number of aromatic amines is 1. The second-order valence-corrected chi connectivity index (χ2v) is 5.04. The van der Waals surface area contributed by atoms with Crippen LogP contribution in [0.4, 0.5) is 0 Å². The Morgan fingerprint density at radius 3 is 2.95 bits per heavy atom. The van der Waals surface area contributed by atoms with Crippen LogP contribution < -0.4 is 11.2 Å². The number of aliphatic hydroxyl groups is 2. The van der Waals surface area contributed by atoms with E-state index in [-0.39, 0.29) is 13.2 Å². The van der Waals surface area contributed by atoms with Gasteiger partial charge in [0.2, 0.25) is 0 Å². The Hall–Kier alpha value is -2.30. The fourth-order valence-electron chi connectivity index (χ4n) is 2.31. The van der Waals surface area contributed by atoms with Crippen LogP contribution in [0.25, 0.3) is 0 Å². The molecule has 10 heteroatoms. The van der Waals surface area contributed by atoms with Gasteiger partial charge in [0, 0.05) is 18.7 Å². The standard InChI is InChI=1S/C12H15N5O5/c18-6-9-8(19)3-11(22-9)17-5-7(14-15-17)4-16-2-1-10(20)13-12(16)21/h1-2,5,8-9,11,18-19H,3-4,6H2,(H,13,20,21)/t8-,9+,11+/m0/s1. The molecule has 3 atom stereocenters. The van der Waals surface area contributed by atoms with E-state index in [4.69, 9.17) is 9.84 Å². The molecule has 0 amide bonds. The Labute approximate surface area is 123 Å². The lowest BCUT2D eigenvalue weighted by molar-refractivity contribution is -0.0489.